The van der Waals surface area contributed by atoms with Gasteiger partial charge in [-0.05, 0) is 19.3 Å². The maximum atomic E-state index is 12.0. The zero-order valence-electron chi connectivity index (χ0n) is 16.5. The second-order valence-corrected chi connectivity index (χ2v) is 7.63. The molecule has 1 heterocycles. The maximum Gasteiger partial charge on any atom is 0.389 e. The Morgan fingerprint density at radius 3 is 1.58 bits per heavy atom. The molecule has 0 N–H and O–H groups in total. The molecule has 2 nitrogen and oxygen atoms in total. The Bertz CT molecular complexity index is 302. The van der Waals surface area contributed by atoms with Gasteiger partial charge >= 0.3 is 6.18 Å². The second-order valence-electron chi connectivity index (χ2n) is 7.63. The molecule has 1 saturated heterocycles. The molecular weight excluding hydrogens is 341 g/mol. The van der Waals surface area contributed by atoms with Crippen molar-refractivity contribution >= 4 is 0 Å². The topological polar surface area (TPSA) is 18.5 Å². The van der Waals surface area contributed by atoms with Crippen molar-refractivity contribution in [2.45, 2.75) is 122 Å². The van der Waals surface area contributed by atoms with Crippen LogP contribution in [-0.2, 0) is 9.47 Å². The first-order valence-electron chi connectivity index (χ1n) is 10.9. The summed E-state index contributed by atoms with van der Waals surface area (Å²) in [6.07, 6.45) is 13.4. The predicted octanol–water partition coefficient (Wildman–Crippen LogP) is 7.55. The summed E-state index contributed by atoms with van der Waals surface area (Å²) in [5, 5.41) is 0. The lowest BCUT2D eigenvalue weighted by Gasteiger charge is -2.10. The maximum absolute atomic E-state index is 12.0. The van der Waals surface area contributed by atoms with Crippen LogP contribution in [0, 0.1) is 0 Å². The van der Waals surface area contributed by atoms with Crippen molar-refractivity contribution in [3.63, 3.8) is 0 Å². The standard InChI is InChI=1S/C21H39F3O2/c22-21(23,24)17-13-11-9-7-5-3-1-2-4-6-8-10-12-14-18-25-20-16-15-19-26-20/h20H,1-19H2. The van der Waals surface area contributed by atoms with Gasteiger partial charge < -0.3 is 9.47 Å². The highest BCUT2D eigenvalue weighted by atomic mass is 19.4. The van der Waals surface area contributed by atoms with E-state index in [1.807, 2.05) is 0 Å². The molecular formula is C21H39F3O2. The fourth-order valence-corrected chi connectivity index (χ4v) is 3.44. The van der Waals surface area contributed by atoms with Gasteiger partial charge in [-0.1, -0.05) is 77.0 Å². The average Bonchev–Trinajstić information content (AvgIpc) is 3.10. The predicted molar refractivity (Wildman–Crippen MR) is 100 cm³/mol. The Balaban J connectivity index is 1.66. The number of halogens is 3. The highest BCUT2D eigenvalue weighted by Crippen LogP contribution is 2.23. The van der Waals surface area contributed by atoms with E-state index in [1.54, 1.807) is 0 Å². The van der Waals surface area contributed by atoms with Crippen LogP contribution in [-0.4, -0.2) is 25.7 Å². The van der Waals surface area contributed by atoms with Crippen molar-refractivity contribution < 1.29 is 22.6 Å². The Labute approximate surface area is 158 Å². The number of ether oxygens (including phenoxy) is 2. The summed E-state index contributed by atoms with van der Waals surface area (Å²) in [5.74, 6) is 0. The van der Waals surface area contributed by atoms with Crippen molar-refractivity contribution in [1.29, 1.82) is 0 Å². The summed E-state index contributed by atoms with van der Waals surface area (Å²) in [4.78, 5) is 0. The van der Waals surface area contributed by atoms with Gasteiger partial charge in [-0.25, -0.2) is 0 Å². The minimum Gasteiger partial charge on any atom is -0.353 e. The van der Waals surface area contributed by atoms with E-state index in [9.17, 15) is 13.2 Å². The highest BCUT2D eigenvalue weighted by Gasteiger charge is 2.25. The minimum absolute atomic E-state index is 0.0647. The van der Waals surface area contributed by atoms with Crippen LogP contribution in [0.2, 0.25) is 0 Å². The molecule has 0 amide bonds. The van der Waals surface area contributed by atoms with Gasteiger partial charge in [-0.2, -0.15) is 13.2 Å². The zero-order chi connectivity index (χ0) is 18.9. The Kier molecular flexibility index (Phi) is 14.4. The van der Waals surface area contributed by atoms with E-state index in [1.165, 1.54) is 57.8 Å². The van der Waals surface area contributed by atoms with Crippen LogP contribution >= 0.6 is 0 Å². The molecule has 1 unspecified atom stereocenters. The monoisotopic (exact) mass is 380 g/mol. The van der Waals surface area contributed by atoms with Crippen LogP contribution < -0.4 is 0 Å². The van der Waals surface area contributed by atoms with Gasteiger partial charge in [0.1, 0.15) is 0 Å². The molecule has 1 aliphatic rings. The average molecular weight is 381 g/mol. The Morgan fingerprint density at radius 2 is 1.15 bits per heavy atom. The number of alkyl halides is 3. The fourth-order valence-electron chi connectivity index (χ4n) is 3.44. The smallest absolute Gasteiger partial charge is 0.353 e. The molecule has 0 aromatic carbocycles. The first-order valence-corrected chi connectivity index (χ1v) is 10.9. The fraction of sp³-hybridized carbons (Fsp3) is 1.00. The summed E-state index contributed by atoms with van der Waals surface area (Å²) in [5.41, 5.74) is 0. The number of rotatable bonds is 17. The molecule has 0 radical (unpaired) electrons. The second kappa shape index (κ2) is 15.7. The normalized spacial score (nSPS) is 17.9. The van der Waals surface area contributed by atoms with Crippen molar-refractivity contribution in [2.24, 2.45) is 0 Å². The molecule has 0 spiro atoms. The van der Waals surface area contributed by atoms with Crippen molar-refractivity contribution in [3.05, 3.63) is 0 Å². The van der Waals surface area contributed by atoms with Gasteiger partial charge in [0.15, 0.2) is 6.29 Å². The van der Waals surface area contributed by atoms with Crippen molar-refractivity contribution in [3.8, 4) is 0 Å². The molecule has 0 bridgehead atoms. The first kappa shape index (κ1) is 23.7. The summed E-state index contributed by atoms with van der Waals surface area (Å²) >= 11 is 0. The lowest BCUT2D eigenvalue weighted by Crippen LogP contribution is -2.11. The van der Waals surface area contributed by atoms with Crippen LogP contribution in [0.4, 0.5) is 13.2 Å². The molecule has 1 fully saturated rings. The largest absolute Gasteiger partial charge is 0.389 e. The van der Waals surface area contributed by atoms with Crippen molar-refractivity contribution in [1.82, 2.24) is 0 Å². The highest BCUT2D eigenvalue weighted by molar-refractivity contribution is 4.55. The third kappa shape index (κ3) is 15.9. The SMILES string of the molecule is FC(F)(F)CCCCCCCCCCCCCCCCOC1CCCO1. The van der Waals surface area contributed by atoms with Gasteiger partial charge in [0.05, 0.1) is 0 Å². The lowest BCUT2D eigenvalue weighted by atomic mass is 10.0. The molecule has 1 rings (SSSR count). The molecule has 26 heavy (non-hydrogen) atoms. The van der Waals surface area contributed by atoms with Gasteiger partial charge in [0.2, 0.25) is 0 Å². The van der Waals surface area contributed by atoms with E-state index < -0.39 is 12.6 Å². The molecule has 1 aliphatic heterocycles. The van der Waals surface area contributed by atoms with E-state index in [0.29, 0.717) is 6.42 Å². The number of unbranched alkanes of at least 4 members (excludes halogenated alkanes) is 13. The van der Waals surface area contributed by atoms with Gasteiger partial charge in [-0.3, -0.25) is 0 Å². The molecule has 5 heteroatoms. The minimum atomic E-state index is -3.97. The molecule has 156 valence electrons. The van der Waals surface area contributed by atoms with E-state index in [4.69, 9.17) is 9.47 Å². The molecule has 1 atom stereocenters. The summed E-state index contributed by atoms with van der Waals surface area (Å²) in [7, 11) is 0. The molecule has 0 aromatic rings. The quantitative estimate of drug-likeness (QED) is 0.242. The van der Waals surface area contributed by atoms with Gasteiger partial charge in [0.25, 0.3) is 0 Å². The van der Waals surface area contributed by atoms with Crippen LogP contribution in [0.5, 0.6) is 0 Å². The molecule has 0 aromatic heterocycles. The van der Waals surface area contributed by atoms with E-state index in [2.05, 4.69) is 0 Å². The zero-order valence-corrected chi connectivity index (χ0v) is 16.5. The van der Waals surface area contributed by atoms with Crippen LogP contribution in [0.3, 0.4) is 0 Å². The summed E-state index contributed by atoms with van der Waals surface area (Å²) in [6, 6.07) is 0. The first-order chi connectivity index (χ1) is 12.6. The third-order valence-electron chi connectivity index (χ3n) is 5.05. The number of hydrogen-bond donors (Lipinski definition) is 0. The van der Waals surface area contributed by atoms with E-state index in [0.717, 1.165) is 51.7 Å². The lowest BCUT2D eigenvalue weighted by molar-refractivity contribution is -0.135. The van der Waals surface area contributed by atoms with Crippen LogP contribution in [0.1, 0.15) is 109 Å². The van der Waals surface area contributed by atoms with Gasteiger partial charge in [-0.15, -0.1) is 0 Å². The number of hydrogen-bond acceptors (Lipinski definition) is 2. The molecule has 0 saturated carbocycles. The van der Waals surface area contributed by atoms with Crippen LogP contribution in [0.15, 0.2) is 0 Å². The summed E-state index contributed by atoms with van der Waals surface area (Å²) in [6.45, 7) is 1.69. The Morgan fingerprint density at radius 1 is 0.692 bits per heavy atom. The van der Waals surface area contributed by atoms with E-state index in [-0.39, 0.29) is 6.29 Å². The van der Waals surface area contributed by atoms with E-state index >= 15 is 0 Å². The Hall–Kier alpha value is -0.290. The third-order valence-corrected chi connectivity index (χ3v) is 5.05. The van der Waals surface area contributed by atoms with Crippen molar-refractivity contribution in [2.75, 3.05) is 13.2 Å². The molecule has 0 aliphatic carbocycles. The van der Waals surface area contributed by atoms with Crippen LogP contribution in [0.25, 0.3) is 0 Å². The summed E-state index contributed by atoms with van der Waals surface area (Å²) < 4.78 is 47.0. The van der Waals surface area contributed by atoms with Gasteiger partial charge in [0, 0.05) is 26.1 Å².